The summed E-state index contributed by atoms with van der Waals surface area (Å²) in [5, 5.41) is 0. The Morgan fingerprint density at radius 1 is 1.11 bits per heavy atom. The van der Waals surface area contributed by atoms with Crippen molar-refractivity contribution in [1.29, 1.82) is 0 Å². The predicted octanol–water partition coefficient (Wildman–Crippen LogP) is 4.23. The number of hydrogen-bond donors (Lipinski definition) is 0. The number of fused-ring (bicyclic) bond motifs is 1. The van der Waals surface area contributed by atoms with Crippen LogP contribution in [0.1, 0.15) is 46.5 Å². The Hall–Kier alpha value is -2.83. The van der Waals surface area contributed by atoms with E-state index < -0.39 is 27.1 Å². The molecule has 1 aromatic heterocycles. The van der Waals surface area contributed by atoms with Crippen LogP contribution in [-0.4, -0.2) is 65.7 Å². The molecular formula is C22H27F3N4O5S. The summed E-state index contributed by atoms with van der Waals surface area (Å²) in [6.45, 7) is 6.82. The van der Waals surface area contributed by atoms with Gasteiger partial charge in [0.05, 0.1) is 23.3 Å². The SMILES string of the molecule is CC(C)(C)OC(=O)N(C1CCC1)[C@@H]1CCN(c2ccc3nc(OS(=O)(=O)C(F)(F)F)cnc3c2)C1. The van der Waals surface area contributed by atoms with E-state index in [9.17, 15) is 26.4 Å². The standard InChI is InChI=1S/C22H27F3N4O5S/c1-21(2,3)33-20(30)29(14-5-4-6-14)16-9-10-28(13-16)15-7-8-17-18(11-15)26-12-19(27-17)34-35(31,32)22(23,24)25/h7-8,11-12,14,16H,4-6,9-10,13H2,1-3H3/t16-/m1/s1. The minimum atomic E-state index is -5.83. The van der Waals surface area contributed by atoms with Crippen LogP contribution in [0.2, 0.25) is 0 Å². The van der Waals surface area contributed by atoms with E-state index in [-0.39, 0.29) is 23.7 Å². The number of benzene rings is 1. The van der Waals surface area contributed by atoms with Crippen LogP contribution in [-0.2, 0) is 14.9 Å². The third kappa shape index (κ3) is 5.54. The first kappa shape index (κ1) is 25.3. The second-order valence-electron chi connectivity index (χ2n) is 9.73. The fourth-order valence-corrected chi connectivity index (χ4v) is 4.56. The van der Waals surface area contributed by atoms with Crippen LogP contribution >= 0.6 is 0 Å². The molecule has 0 N–H and O–H groups in total. The molecule has 9 nitrogen and oxygen atoms in total. The van der Waals surface area contributed by atoms with Gasteiger partial charge in [-0.25, -0.2) is 14.8 Å². The fraction of sp³-hybridized carbons (Fsp3) is 0.591. The van der Waals surface area contributed by atoms with Gasteiger partial charge >= 0.3 is 21.7 Å². The number of carbonyl (C=O) groups excluding carboxylic acids is 1. The van der Waals surface area contributed by atoms with Gasteiger partial charge in [-0.15, -0.1) is 0 Å². The Morgan fingerprint density at radius 2 is 1.83 bits per heavy atom. The molecule has 0 radical (unpaired) electrons. The van der Waals surface area contributed by atoms with Crippen LogP contribution in [0.15, 0.2) is 24.4 Å². The monoisotopic (exact) mass is 516 g/mol. The van der Waals surface area contributed by atoms with Crippen LogP contribution in [0.4, 0.5) is 23.7 Å². The first-order valence-electron chi connectivity index (χ1n) is 11.3. The highest BCUT2D eigenvalue weighted by molar-refractivity contribution is 7.87. The molecule has 35 heavy (non-hydrogen) atoms. The van der Waals surface area contributed by atoms with Gasteiger partial charge in [0.15, 0.2) is 0 Å². The highest BCUT2D eigenvalue weighted by Crippen LogP contribution is 2.33. The van der Waals surface area contributed by atoms with E-state index in [0.29, 0.717) is 18.6 Å². The lowest BCUT2D eigenvalue weighted by atomic mass is 9.90. The van der Waals surface area contributed by atoms with E-state index in [1.165, 1.54) is 6.07 Å². The zero-order chi connectivity index (χ0) is 25.6. The van der Waals surface area contributed by atoms with Crippen LogP contribution in [0.5, 0.6) is 5.88 Å². The minimum absolute atomic E-state index is 0.0136. The zero-order valence-electron chi connectivity index (χ0n) is 19.6. The zero-order valence-corrected chi connectivity index (χ0v) is 20.4. The number of aromatic nitrogens is 2. The van der Waals surface area contributed by atoms with Crippen LogP contribution in [0.3, 0.4) is 0 Å². The van der Waals surface area contributed by atoms with E-state index >= 15 is 0 Å². The summed E-state index contributed by atoms with van der Waals surface area (Å²) < 4.78 is 69.8. The molecule has 1 amide bonds. The number of alkyl halides is 3. The van der Waals surface area contributed by atoms with Crippen molar-refractivity contribution in [3.63, 3.8) is 0 Å². The first-order chi connectivity index (χ1) is 16.2. The number of rotatable bonds is 5. The summed E-state index contributed by atoms with van der Waals surface area (Å²) in [6.07, 6.45) is 4.29. The topological polar surface area (TPSA) is 102 Å². The van der Waals surface area contributed by atoms with Crippen molar-refractivity contribution < 1.29 is 35.3 Å². The van der Waals surface area contributed by atoms with Gasteiger partial charge in [-0.05, 0) is 64.7 Å². The van der Waals surface area contributed by atoms with Crippen molar-refractivity contribution in [2.24, 2.45) is 0 Å². The number of anilines is 1. The molecule has 1 aromatic carbocycles. The van der Waals surface area contributed by atoms with Gasteiger partial charge in [-0.1, -0.05) is 0 Å². The molecule has 1 aliphatic carbocycles. The lowest BCUT2D eigenvalue weighted by Crippen LogP contribution is -2.52. The molecule has 2 aromatic rings. The quantitative estimate of drug-likeness (QED) is 0.430. The van der Waals surface area contributed by atoms with Crippen molar-refractivity contribution in [3.8, 4) is 5.88 Å². The maximum atomic E-state index is 12.9. The smallest absolute Gasteiger partial charge is 0.444 e. The molecule has 1 aliphatic heterocycles. The maximum absolute atomic E-state index is 12.9. The van der Waals surface area contributed by atoms with Gasteiger partial charge in [0, 0.05) is 24.8 Å². The second-order valence-corrected chi connectivity index (χ2v) is 11.3. The van der Waals surface area contributed by atoms with Crippen LogP contribution in [0, 0.1) is 0 Å². The fourth-order valence-electron chi connectivity index (χ4n) is 4.16. The normalized spacial score (nSPS) is 19.5. The van der Waals surface area contributed by atoms with Crippen LogP contribution in [0.25, 0.3) is 11.0 Å². The molecule has 4 rings (SSSR count). The largest absolute Gasteiger partial charge is 0.534 e. The molecule has 192 valence electrons. The Morgan fingerprint density at radius 3 is 2.43 bits per heavy atom. The molecule has 2 heterocycles. The van der Waals surface area contributed by atoms with Crippen LogP contribution < -0.4 is 9.08 Å². The molecule has 0 bridgehead atoms. The van der Waals surface area contributed by atoms with Gasteiger partial charge in [0.1, 0.15) is 5.60 Å². The average Bonchev–Trinajstić information content (AvgIpc) is 3.17. The number of ether oxygens (including phenoxy) is 1. The van der Waals surface area contributed by atoms with Crippen molar-refractivity contribution in [3.05, 3.63) is 24.4 Å². The molecular weight excluding hydrogens is 489 g/mol. The molecule has 2 fully saturated rings. The van der Waals surface area contributed by atoms with Gasteiger partial charge in [0.2, 0.25) is 0 Å². The average molecular weight is 517 g/mol. The number of hydrogen-bond acceptors (Lipinski definition) is 8. The van der Waals surface area contributed by atoms with Crippen molar-refractivity contribution >= 4 is 32.9 Å². The van der Waals surface area contributed by atoms with E-state index in [1.54, 1.807) is 12.1 Å². The van der Waals surface area contributed by atoms with E-state index in [1.807, 2.05) is 25.7 Å². The molecule has 1 atom stereocenters. The minimum Gasteiger partial charge on any atom is -0.444 e. The van der Waals surface area contributed by atoms with Crippen molar-refractivity contribution in [2.45, 2.75) is 69.6 Å². The summed E-state index contributed by atoms with van der Waals surface area (Å²) in [5.41, 5.74) is -4.79. The summed E-state index contributed by atoms with van der Waals surface area (Å²) in [4.78, 5) is 24.8. The lowest BCUT2D eigenvalue weighted by Gasteiger charge is -2.41. The molecule has 0 spiro atoms. The highest BCUT2D eigenvalue weighted by atomic mass is 32.2. The number of carbonyl (C=O) groups is 1. The van der Waals surface area contributed by atoms with Crippen molar-refractivity contribution in [1.82, 2.24) is 14.9 Å². The molecule has 1 saturated carbocycles. The molecule has 2 aliphatic rings. The van der Waals surface area contributed by atoms with Crippen molar-refractivity contribution in [2.75, 3.05) is 18.0 Å². The van der Waals surface area contributed by atoms with Gasteiger partial charge in [0.25, 0.3) is 5.88 Å². The first-order valence-corrected chi connectivity index (χ1v) is 12.7. The molecule has 1 saturated heterocycles. The Kier molecular flexibility index (Phi) is 6.49. The summed E-state index contributed by atoms with van der Waals surface area (Å²) >= 11 is 0. The number of amides is 1. The maximum Gasteiger partial charge on any atom is 0.534 e. The summed E-state index contributed by atoms with van der Waals surface area (Å²) in [7, 11) is -5.83. The third-order valence-corrected chi connectivity index (χ3v) is 6.93. The lowest BCUT2D eigenvalue weighted by molar-refractivity contribution is -0.0501. The number of halogens is 3. The second kappa shape index (κ2) is 8.99. The van der Waals surface area contributed by atoms with E-state index in [2.05, 4.69) is 19.1 Å². The third-order valence-electron chi connectivity index (χ3n) is 5.98. The summed E-state index contributed by atoms with van der Waals surface area (Å²) in [6, 6.07) is 5.13. The van der Waals surface area contributed by atoms with E-state index in [0.717, 1.165) is 37.6 Å². The Labute approximate surface area is 201 Å². The van der Waals surface area contributed by atoms with Gasteiger partial charge < -0.3 is 18.7 Å². The predicted molar refractivity (Wildman–Crippen MR) is 121 cm³/mol. The summed E-state index contributed by atoms with van der Waals surface area (Å²) in [5.74, 6) is -0.766. The van der Waals surface area contributed by atoms with Gasteiger partial charge in [-0.3, -0.25) is 0 Å². The van der Waals surface area contributed by atoms with Gasteiger partial charge in [-0.2, -0.15) is 21.6 Å². The Bertz CT molecular complexity index is 1210. The molecule has 0 unspecified atom stereocenters. The molecule has 13 heteroatoms. The number of nitrogens with zero attached hydrogens (tertiary/aromatic N) is 4. The van der Waals surface area contributed by atoms with E-state index in [4.69, 9.17) is 4.74 Å². The highest BCUT2D eigenvalue weighted by Gasteiger charge is 2.49. The Balaban J connectivity index is 1.49.